The predicted molar refractivity (Wildman–Crippen MR) is 137 cm³/mol. The zero-order valence-electron chi connectivity index (χ0n) is 21.5. The third-order valence-corrected chi connectivity index (χ3v) is 6.28. The van der Waals surface area contributed by atoms with Crippen molar-refractivity contribution in [3.8, 4) is 16.9 Å². The molecule has 2 aromatic rings. The minimum Gasteiger partial charge on any atom is -0.507 e. The molecule has 1 heteroatoms. The molecule has 31 heavy (non-hydrogen) atoms. The predicted octanol–water partition coefficient (Wildman–Crippen LogP) is 9.12. The summed E-state index contributed by atoms with van der Waals surface area (Å²) >= 11 is 0. The second-order valence-electron chi connectivity index (χ2n) is 11.3. The number of unbranched alkanes of at least 4 members (excludes halogenated alkanes) is 4. The van der Waals surface area contributed by atoms with Crippen LogP contribution < -0.4 is 0 Å². The molecule has 0 saturated carbocycles. The maximum atomic E-state index is 11.3. The Balaban J connectivity index is 2.62. The van der Waals surface area contributed by atoms with Gasteiger partial charge in [0.15, 0.2) is 0 Å². The fraction of sp³-hybridized carbons (Fsp3) is 0.600. The highest BCUT2D eigenvalue weighted by Gasteiger charge is 2.27. The van der Waals surface area contributed by atoms with E-state index in [2.05, 4.69) is 79.7 Å². The summed E-state index contributed by atoms with van der Waals surface area (Å²) < 4.78 is 0. The molecule has 0 spiro atoms. The van der Waals surface area contributed by atoms with Crippen molar-refractivity contribution >= 4 is 0 Å². The van der Waals surface area contributed by atoms with Crippen LogP contribution in [-0.2, 0) is 23.7 Å². The lowest BCUT2D eigenvalue weighted by molar-refractivity contribution is 0.472. The highest BCUT2D eigenvalue weighted by atomic mass is 16.3. The number of phenols is 1. The lowest BCUT2D eigenvalue weighted by Gasteiger charge is -2.29. The van der Waals surface area contributed by atoms with Gasteiger partial charge in [-0.25, -0.2) is 0 Å². The number of hydrogen-bond donors (Lipinski definition) is 1. The Kier molecular flexibility index (Phi) is 8.81. The van der Waals surface area contributed by atoms with E-state index in [1.807, 2.05) is 6.07 Å². The van der Waals surface area contributed by atoms with Crippen molar-refractivity contribution in [1.29, 1.82) is 0 Å². The third-order valence-electron chi connectivity index (χ3n) is 6.28. The maximum Gasteiger partial charge on any atom is 0.123 e. The topological polar surface area (TPSA) is 20.2 Å². The van der Waals surface area contributed by atoms with E-state index in [4.69, 9.17) is 0 Å². The summed E-state index contributed by atoms with van der Waals surface area (Å²) in [6.07, 6.45) is 9.57. The second kappa shape index (κ2) is 10.7. The van der Waals surface area contributed by atoms with Crippen molar-refractivity contribution in [3.05, 3.63) is 52.6 Å². The van der Waals surface area contributed by atoms with Crippen molar-refractivity contribution in [3.63, 3.8) is 0 Å². The van der Waals surface area contributed by atoms with Gasteiger partial charge in [-0.2, -0.15) is 0 Å². The fourth-order valence-corrected chi connectivity index (χ4v) is 4.45. The van der Waals surface area contributed by atoms with Crippen LogP contribution in [0.3, 0.4) is 0 Å². The van der Waals surface area contributed by atoms with Gasteiger partial charge in [0.25, 0.3) is 0 Å². The first kappa shape index (κ1) is 25.5. The Morgan fingerprint density at radius 3 is 1.68 bits per heavy atom. The molecule has 2 rings (SSSR count). The van der Waals surface area contributed by atoms with E-state index in [1.54, 1.807) is 0 Å². The molecule has 0 aromatic heterocycles. The first-order chi connectivity index (χ1) is 14.5. The van der Waals surface area contributed by atoms with Gasteiger partial charge in [0.2, 0.25) is 0 Å². The number of benzene rings is 2. The van der Waals surface area contributed by atoms with E-state index in [-0.39, 0.29) is 10.8 Å². The van der Waals surface area contributed by atoms with Gasteiger partial charge in [0.05, 0.1) is 0 Å². The Morgan fingerprint density at radius 1 is 0.645 bits per heavy atom. The molecular formula is C30H46O. The highest BCUT2D eigenvalue weighted by Crippen LogP contribution is 2.44. The van der Waals surface area contributed by atoms with Gasteiger partial charge in [-0.3, -0.25) is 0 Å². The van der Waals surface area contributed by atoms with Crippen LogP contribution in [0, 0.1) is 0 Å². The van der Waals surface area contributed by atoms with Gasteiger partial charge in [-0.15, -0.1) is 0 Å². The van der Waals surface area contributed by atoms with Crippen LogP contribution in [0.4, 0.5) is 0 Å². The molecule has 0 heterocycles. The Morgan fingerprint density at radius 2 is 1.16 bits per heavy atom. The van der Waals surface area contributed by atoms with E-state index in [0.29, 0.717) is 5.75 Å². The Bertz CT molecular complexity index is 846. The van der Waals surface area contributed by atoms with E-state index >= 15 is 0 Å². The van der Waals surface area contributed by atoms with Gasteiger partial charge in [0.1, 0.15) is 5.75 Å². The molecule has 0 radical (unpaired) electrons. The maximum absolute atomic E-state index is 11.3. The summed E-state index contributed by atoms with van der Waals surface area (Å²) in [5.41, 5.74) is 7.44. The number of phenolic OH excluding ortho intramolecular Hbond substituents is 1. The van der Waals surface area contributed by atoms with Crippen LogP contribution in [0.1, 0.15) is 116 Å². The molecule has 0 aliphatic carbocycles. The summed E-state index contributed by atoms with van der Waals surface area (Å²) in [5.74, 6) is 0.433. The molecule has 172 valence electrons. The first-order valence-electron chi connectivity index (χ1n) is 12.5. The number of rotatable bonds is 9. The van der Waals surface area contributed by atoms with Gasteiger partial charge in [-0.1, -0.05) is 105 Å². The SMILES string of the molecule is CCCCCc1ccc(-c2c(O)cc(CCCCC)cc2C(C)(C)C)c(C(C)(C)C)c1. The van der Waals surface area contributed by atoms with Crippen LogP contribution in [0.5, 0.6) is 5.75 Å². The fourth-order valence-electron chi connectivity index (χ4n) is 4.45. The molecule has 1 nitrogen and oxygen atoms in total. The molecule has 2 aromatic carbocycles. The van der Waals surface area contributed by atoms with Gasteiger partial charge in [-0.05, 0) is 70.4 Å². The molecule has 0 saturated heterocycles. The van der Waals surface area contributed by atoms with Crippen molar-refractivity contribution in [2.75, 3.05) is 0 Å². The van der Waals surface area contributed by atoms with Crippen LogP contribution in [0.15, 0.2) is 30.3 Å². The molecule has 0 aliphatic rings. The summed E-state index contributed by atoms with van der Waals surface area (Å²) in [6, 6.07) is 11.3. The van der Waals surface area contributed by atoms with Crippen molar-refractivity contribution < 1.29 is 5.11 Å². The largest absolute Gasteiger partial charge is 0.507 e. The number of aryl methyl sites for hydroxylation is 2. The van der Waals surface area contributed by atoms with Crippen molar-refractivity contribution in [2.24, 2.45) is 0 Å². The van der Waals surface area contributed by atoms with Crippen LogP contribution >= 0.6 is 0 Å². The number of hydrogen-bond acceptors (Lipinski definition) is 1. The zero-order valence-corrected chi connectivity index (χ0v) is 21.5. The lowest BCUT2D eigenvalue weighted by atomic mass is 9.75. The van der Waals surface area contributed by atoms with Gasteiger partial charge in [0, 0.05) is 5.56 Å². The normalized spacial score (nSPS) is 12.4. The lowest BCUT2D eigenvalue weighted by Crippen LogP contribution is -2.17. The monoisotopic (exact) mass is 422 g/mol. The minimum absolute atomic E-state index is 0.0114. The van der Waals surface area contributed by atoms with Crippen LogP contribution in [-0.4, -0.2) is 5.11 Å². The molecule has 0 aliphatic heterocycles. The molecular weight excluding hydrogens is 376 g/mol. The molecule has 0 bridgehead atoms. The molecule has 1 N–H and O–H groups in total. The van der Waals surface area contributed by atoms with E-state index in [0.717, 1.165) is 18.4 Å². The zero-order chi connectivity index (χ0) is 23.2. The van der Waals surface area contributed by atoms with Crippen LogP contribution in [0.25, 0.3) is 11.1 Å². The summed E-state index contributed by atoms with van der Waals surface area (Å²) in [5, 5.41) is 11.3. The van der Waals surface area contributed by atoms with Gasteiger partial charge >= 0.3 is 0 Å². The summed E-state index contributed by atoms with van der Waals surface area (Å²) in [4.78, 5) is 0. The van der Waals surface area contributed by atoms with Crippen molar-refractivity contribution in [2.45, 2.75) is 118 Å². The standard InChI is InChI=1S/C30H46O/c1-9-11-13-15-22-17-18-24(25(19-22)29(3,4)5)28-26(30(6,7)8)20-23(21-27(28)31)16-14-12-10-2/h17-21,31H,9-16H2,1-8H3. The molecule has 0 unspecified atom stereocenters. The quantitative estimate of drug-likeness (QED) is 0.399. The minimum atomic E-state index is -0.0392. The molecule has 0 fully saturated rings. The van der Waals surface area contributed by atoms with Crippen molar-refractivity contribution in [1.82, 2.24) is 0 Å². The number of aromatic hydroxyl groups is 1. The van der Waals surface area contributed by atoms with E-state index in [9.17, 15) is 5.11 Å². The summed E-state index contributed by atoms with van der Waals surface area (Å²) in [6.45, 7) is 18.1. The van der Waals surface area contributed by atoms with Crippen LogP contribution in [0.2, 0.25) is 0 Å². The average molecular weight is 423 g/mol. The van der Waals surface area contributed by atoms with E-state index in [1.165, 1.54) is 66.3 Å². The molecule has 0 atom stereocenters. The third kappa shape index (κ3) is 6.86. The second-order valence-corrected chi connectivity index (χ2v) is 11.3. The average Bonchev–Trinajstić information content (AvgIpc) is 2.67. The summed E-state index contributed by atoms with van der Waals surface area (Å²) in [7, 11) is 0. The first-order valence-corrected chi connectivity index (χ1v) is 12.5. The Hall–Kier alpha value is -1.76. The smallest absolute Gasteiger partial charge is 0.123 e. The van der Waals surface area contributed by atoms with E-state index < -0.39 is 0 Å². The highest BCUT2D eigenvalue weighted by molar-refractivity contribution is 5.79. The molecule has 0 amide bonds. The Labute approximate surface area is 192 Å². The van der Waals surface area contributed by atoms with Gasteiger partial charge < -0.3 is 5.11 Å².